The number of hydrogen-bond donors (Lipinski definition) is 0. The van der Waals surface area contributed by atoms with Gasteiger partial charge in [0.05, 0.1) is 40.7 Å². The van der Waals surface area contributed by atoms with E-state index in [4.69, 9.17) is 123 Å². The Morgan fingerprint density at radius 1 is 0.206 bits per heavy atom. The summed E-state index contributed by atoms with van der Waals surface area (Å²) in [5.41, 5.74) is 0. The van der Waals surface area contributed by atoms with E-state index in [1.165, 1.54) is 0 Å². The molecule has 0 amide bonds. The molecule has 34 heavy (non-hydrogen) atoms. The molecule has 0 radical (unpaired) electrons. The quantitative estimate of drug-likeness (QED) is 0.168. The van der Waals surface area contributed by atoms with Gasteiger partial charge in [-0.3, -0.25) is 0 Å². The molecule has 32 nitrogen and oxygen atoms in total. The molecule has 0 unspecified atom stereocenters. The van der Waals surface area contributed by atoms with Gasteiger partial charge in [-0.05, 0) is 0 Å². The smallest absolute Gasteiger partial charge is 0.356 e. The standard InChI is InChI=1S/8NO3.2Si/c8*2-1(3)4;;/q8*-1;2*+4. The Morgan fingerprint density at radius 3 is 0.206 bits per heavy atom. The van der Waals surface area contributed by atoms with E-state index < -0.39 is 40.7 Å². The molecule has 0 spiro atoms. The zero-order valence-corrected chi connectivity index (χ0v) is 16.4. The van der Waals surface area contributed by atoms with Crippen LogP contribution in [0.3, 0.4) is 0 Å². The van der Waals surface area contributed by atoms with Crippen LogP contribution in [0.5, 0.6) is 0 Å². The van der Waals surface area contributed by atoms with Crippen LogP contribution in [0.25, 0.3) is 0 Å². The zero-order chi connectivity index (χ0) is 28.6. The summed E-state index contributed by atoms with van der Waals surface area (Å²) in [7, 11) is 0. The van der Waals surface area contributed by atoms with Gasteiger partial charge < -0.3 is 123 Å². The molecular weight excluding hydrogens is 552 g/mol. The van der Waals surface area contributed by atoms with E-state index in [9.17, 15) is 0 Å². The normalized spacial score (nSPS) is 5.65. The minimum absolute atomic E-state index is 0. The molecule has 0 aromatic rings. The second kappa shape index (κ2) is 56.3. The summed E-state index contributed by atoms with van der Waals surface area (Å²) >= 11 is 0. The van der Waals surface area contributed by atoms with E-state index >= 15 is 0 Å². The molecular formula is N8O24Si2. The van der Waals surface area contributed by atoms with Crippen molar-refractivity contribution in [3.8, 4) is 0 Å². The van der Waals surface area contributed by atoms with Crippen molar-refractivity contribution in [2.75, 3.05) is 0 Å². The van der Waals surface area contributed by atoms with Crippen molar-refractivity contribution in [1.29, 1.82) is 0 Å². The third kappa shape index (κ3) is 458. The molecule has 34 heteroatoms. The Bertz CT molecular complexity index is 365. The summed E-state index contributed by atoms with van der Waals surface area (Å²) in [6.45, 7) is 0. The first-order chi connectivity index (χ1) is 13.9. The molecule has 0 aliphatic heterocycles. The average molecular weight is 552 g/mol. The summed E-state index contributed by atoms with van der Waals surface area (Å²) in [4.78, 5) is 66.0. The van der Waals surface area contributed by atoms with Crippen molar-refractivity contribution in [3.63, 3.8) is 0 Å². The second-order valence-electron chi connectivity index (χ2n) is 1.79. The number of rotatable bonds is 0. The third-order valence-corrected chi connectivity index (χ3v) is 0. The first-order valence-corrected chi connectivity index (χ1v) is 4.38. The van der Waals surface area contributed by atoms with Crippen LogP contribution in [0.2, 0.25) is 0 Å². The van der Waals surface area contributed by atoms with Crippen molar-refractivity contribution in [1.82, 2.24) is 0 Å². The fourth-order valence-electron chi connectivity index (χ4n) is 0. The largest absolute Gasteiger partial charge is 4.00 e. The van der Waals surface area contributed by atoms with Gasteiger partial charge in [0, 0.05) is 0 Å². The summed E-state index contributed by atoms with van der Waals surface area (Å²) in [6, 6.07) is 0. The predicted octanol–water partition coefficient (Wildman–Crippen LogP) is -2.67. The maximum Gasteiger partial charge on any atom is 4.00 e. The summed E-state index contributed by atoms with van der Waals surface area (Å²) in [6.07, 6.45) is 0. The van der Waals surface area contributed by atoms with Crippen LogP contribution in [0, 0.1) is 123 Å². The monoisotopic (exact) mass is 552 g/mol. The molecule has 0 saturated carbocycles. The van der Waals surface area contributed by atoms with Gasteiger partial charge in [-0.25, -0.2) is 0 Å². The van der Waals surface area contributed by atoms with Gasteiger partial charge in [0.25, 0.3) is 0 Å². The molecule has 0 atom stereocenters. The number of nitrogens with zero attached hydrogens (tertiary/aromatic N) is 8. The minimum Gasteiger partial charge on any atom is -0.356 e. The SMILES string of the molecule is O=[N+]([O-])[O-].O=[N+]([O-])[O-].O=[N+]([O-])[O-].O=[N+]([O-])[O-].O=[N+]([O-])[O-].O=[N+]([O-])[O-].O=[N+]([O-])[O-].O=[N+]([O-])[O-].[Si+4].[Si+4]. The van der Waals surface area contributed by atoms with Crippen LogP contribution in [0.1, 0.15) is 0 Å². The summed E-state index contributed by atoms with van der Waals surface area (Å²) in [5, 5.41) is 118. The van der Waals surface area contributed by atoms with E-state index in [-0.39, 0.29) is 21.9 Å². The van der Waals surface area contributed by atoms with Gasteiger partial charge in [0.1, 0.15) is 0 Å². The van der Waals surface area contributed by atoms with E-state index in [0.29, 0.717) is 0 Å². The van der Waals surface area contributed by atoms with Crippen LogP contribution in [0.4, 0.5) is 0 Å². The van der Waals surface area contributed by atoms with E-state index in [2.05, 4.69) is 0 Å². The van der Waals surface area contributed by atoms with E-state index in [1.54, 1.807) is 0 Å². The molecule has 0 N–H and O–H groups in total. The van der Waals surface area contributed by atoms with Crippen LogP contribution in [0.15, 0.2) is 0 Å². The molecule has 192 valence electrons. The topological polar surface area (TPSA) is 530 Å². The Hall–Kier alpha value is -5.97. The van der Waals surface area contributed by atoms with Crippen LogP contribution in [-0.2, 0) is 0 Å². The van der Waals surface area contributed by atoms with Gasteiger partial charge in [0.15, 0.2) is 0 Å². The Kier molecular flexibility index (Phi) is 104. The van der Waals surface area contributed by atoms with Gasteiger partial charge >= 0.3 is 21.9 Å². The molecule has 0 heterocycles. The first-order valence-electron chi connectivity index (χ1n) is 4.38. The van der Waals surface area contributed by atoms with E-state index in [1.807, 2.05) is 0 Å². The van der Waals surface area contributed by atoms with Crippen molar-refractivity contribution >= 4 is 21.9 Å². The predicted molar refractivity (Wildman–Crippen MR) is 94.4 cm³/mol. The van der Waals surface area contributed by atoms with E-state index in [0.717, 1.165) is 0 Å². The minimum atomic E-state index is -1.75. The average Bonchev–Trinajstić information content (AvgIpc) is 2.30. The van der Waals surface area contributed by atoms with Crippen molar-refractivity contribution in [2.24, 2.45) is 0 Å². The first kappa shape index (κ1) is 63.0. The molecule has 0 bridgehead atoms. The van der Waals surface area contributed by atoms with Gasteiger partial charge in [0.2, 0.25) is 0 Å². The zero-order valence-electron chi connectivity index (χ0n) is 14.4. The van der Waals surface area contributed by atoms with Crippen molar-refractivity contribution in [2.45, 2.75) is 0 Å². The summed E-state index contributed by atoms with van der Waals surface area (Å²) < 4.78 is 0. The molecule has 0 aliphatic carbocycles. The molecule has 0 aliphatic rings. The Balaban J connectivity index is -0.0000000240. The molecule has 0 aromatic carbocycles. The Labute approximate surface area is 186 Å². The van der Waals surface area contributed by atoms with Crippen LogP contribution in [-0.4, -0.2) is 62.6 Å². The number of hydrogen-bond acceptors (Lipinski definition) is 24. The van der Waals surface area contributed by atoms with Crippen LogP contribution < -0.4 is 0 Å². The van der Waals surface area contributed by atoms with Gasteiger partial charge in [-0.15, -0.1) is 0 Å². The molecule has 0 aromatic heterocycles. The molecule has 0 rings (SSSR count). The third-order valence-electron chi connectivity index (χ3n) is 0. The molecule has 0 saturated heterocycles. The van der Waals surface area contributed by atoms with Crippen LogP contribution >= 0.6 is 0 Å². The fourth-order valence-corrected chi connectivity index (χ4v) is 0. The fraction of sp³-hybridized carbons (Fsp3) is 0. The van der Waals surface area contributed by atoms with Crippen molar-refractivity contribution in [3.05, 3.63) is 123 Å². The van der Waals surface area contributed by atoms with Gasteiger partial charge in [-0.2, -0.15) is 0 Å². The maximum absolute atomic E-state index is 8.25. The summed E-state index contributed by atoms with van der Waals surface area (Å²) in [5.74, 6) is 0. The Morgan fingerprint density at radius 2 is 0.206 bits per heavy atom. The molecule has 0 fully saturated rings. The van der Waals surface area contributed by atoms with Crippen molar-refractivity contribution < 1.29 is 40.7 Å². The second-order valence-corrected chi connectivity index (χ2v) is 1.79. The van der Waals surface area contributed by atoms with Gasteiger partial charge in [-0.1, -0.05) is 0 Å². The maximum atomic E-state index is 8.25.